The first-order valence-electron chi connectivity index (χ1n) is 7.31. The minimum atomic E-state index is 1.13. The first-order chi connectivity index (χ1) is 8.74. The number of hydrogen-bond acceptors (Lipinski definition) is 2. The van der Waals surface area contributed by atoms with Gasteiger partial charge in [0.15, 0.2) is 0 Å². The van der Waals surface area contributed by atoms with Crippen LogP contribution in [0.3, 0.4) is 0 Å². The van der Waals surface area contributed by atoms with Crippen molar-refractivity contribution in [1.29, 1.82) is 0 Å². The Labute approximate surface area is 112 Å². The molecule has 0 atom stereocenters. The summed E-state index contributed by atoms with van der Waals surface area (Å²) in [6.07, 6.45) is 2.40. The topological polar surface area (TPSA) is 6.48 Å². The molecule has 0 aromatic heterocycles. The molecule has 0 amide bonds. The molecule has 0 unspecified atom stereocenters. The molecule has 100 valence electrons. The first-order valence-corrected chi connectivity index (χ1v) is 7.31. The molecule has 18 heavy (non-hydrogen) atoms. The zero-order chi connectivity index (χ0) is 13.0. The van der Waals surface area contributed by atoms with Crippen molar-refractivity contribution in [2.75, 3.05) is 37.6 Å². The van der Waals surface area contributed by atoms with Crippen LogP contribution in [-0.4, -0.2) is 37.6 Å². The summed E-state index contributed by atoms with van der Waals surface area (Å²) in [4.78, 5) is 5.11. The van der Waals surface area contributed by atoms with Crippen molar-refractivity contribution >= 4 is 5.69 Å². The van der Waals surface area contributed by atoms with Crippen LogP contribution in [0.15, 0.2) is 18.2 Å². The molecule has 1 saturated heterocycles. The number of piperazine rings is 1. The van der Waals surface area contributed by atoms with E-state index in [9.17, 15) is 0 Å². The number of anilines is 1. The first kappa shape index (κ1) is 13.4. The summed E-state index contributed by atoms with van der Waals surface area (Å²) in [6, 6.07) is 6.93. The van der Waals surface area contributed by atoms with E-state index in [0.29, 0.717) is 0 Å². The molecule has 1 fully saturated rings. The van der Waals surface area contributed by atoms with Crippen LogP contribution in [0.25, 0.3) is 0 Å². The minimum Gasteiger partial charge on any atom is -0.369 e. The van der Waals surface area contributed by atoms with Crippen molar-refractivity contribution in [2.45, 2.75) is 33.6 Å². The fraction of sp³-hybridized carbons (Fsp3) is 0.625. The normalized spacial score (nSPS) is 17.2. The largest absolute Gasteiger partial charge is 0.369 e. The average molecular weight is 246 g/mol. The highest BCUT2D eigenvalue weighted by atomic mass is 15.3. The van der Waals surface area contributed by atoms with Crippen LogP contribution in [0.1, 0.15) is 31.4 Å². The number of nitrogens with zero attached hydrogens (tertiary/aromatic N) is 2. The van der Waals surface area contributed by atoms with Crippen LogP contribution in [0, 0.1) is 6.92 Å². The van der Waals surface area contributed by atoms with Crippen LogP contribution in [0.5, 0.6) is 0 Å². The Bertz CT molecular complexity index is 379. The third-order valence-corrected chi connectivity index (χ3v) is 3.99. The maximum Gasteiger partial charge on any atom is 0.0370 e. The molecule has 1 aliphatic heterocycles. The second kappa shape index (κ2) is 6.24. The molecule has 1 aliphatic rings. The van der Waals surface area contributed by atoms with E-state index in [2.05, 4.69) is 48.8 Å². The van der Waals surface area contributed by atoms with E-state index in [4.69, 9.17) is 0 Å². The SMILES string of the molecule is CCCN1CCN(c2ccc(C)c(CC)c2)CC1. The Morgan fingerprint density at radius 3 is 2.39 bits per heavy atom. The molecule has 0 saturated carbocycles. The van der Waals surface area contributed by atoms with Gasteiger partial charge >= 0.3 is 0 Å². The molecular formula is C16H26N2. The van der Waals surface area contributed by atoms with Gasteiger partial charge in [-0.05, 0) is 49.6 Å². The highest BCUT2D eigenvalue weighted by molar-refractivity contribution is 5.51. The van der Waals surface area contributed by atoms with Gasteiger partial charge in [-0.3, -0.25) is 4.90 Å². The van der Waals surface area contributed by atoms with Crippen molar-refractivity contribution in [3.05, 3.63) is 29.3 Å². The molecule has 2 rings (SSSR count). The van der Waals surface area contributed by atoms with Crippen LogP contribution in [0.2, 0.25) is 0 Å². The maximum atomic E-state index is 2.57. The average Bonchev–Trinajstić information content (AvgIpc) is 2.41. The van der Waals surface area contributed by atoms with Crippen molar-refractivity contribution in [2.24, 2.45) is 0 Å². The zero-order valence-electron chi connectivity index (χ0n) is 12.1. The molecule has 0 spiro atoms. The monoisotopic (exact) mass is 246 g/mol. The summed E-state index contributed by atoms with van der Waals surface area (Å²) >= 11 is 0. The van der Waals surface area contributed by atoms with Gasteiger partial charge in [-0.15, -0.1) is 0 Å². The van der Waals surface area contributed by atoms with Crippen molar-refractivity contribution in [3.63, 3.8) is 0 Å². The highest BCUT2D eigenvalue weighted by Gasteiger charge is 2.16. The molecule has 0 radical (unpaired) electrons. The molecular weight excluding hydrogens is 220 g/mol. The number of benzene rings is 1. The standard InChI is InChI=1S/C16H26N2/c1-4-8-17-9-11-18(12-10-17)16-7-6-14(3)15(5-2)13-16/h6-7,13H,4-5,8-12H2,1-3H3. The van der Waals surface area contributed by atoms with Gasteiger partial charge in [-0.25, -0.2) is 0 Å². The Hall–Kier alpha value is -1.02. The molecule has 2 nitrogen and oxygen atoms in total. The Balaban J connectivity index is 2.01. The lowest BCUT2D eigenvalue weighted by Crippen LogP contribution is -2.46. The third kappa shape index (κ3) is 3.05. The summed E-state index contributed by atoms with van der Waals surface area (Å²) in [5.74, 6) is 0. The van der Waals surface area contributed by atoms with E-state index in [1.54, 1.807) is 0 Å². The van der Waals surface area contributed by atoms with Gasteiger partial charge in [0.25, 0.3) is 0 Å². The lowest BCUT2D eigenvalue weighted by Gasteiger charge is -2.36. The predicted molar refractivity (Wildman–Crippen MR) is 79.5 cm³/mol. The quantitative estimate of drug-likeness (QED) is 0.805. The van der Waals surface area contributed by atoms with Crippen molar-refractivity contribution < 1.29 is 0 Å². The fourth-order valence-corrected chi connectivity index (χ4v) is 2.78. The van der Waals surface area contributed by atoms with Gasteiger partial charge in [0.2, 0.25) is 0 Å². The second-order valence-corrected chi connectivity index (χ2v) is 5.29. The summed E-state index contributed by atoms with van der Waals surface area (Å²) in [7, 11) is 0. The molecule has 0 N–H and O–H groups in total. The number of hydrogen-bond donors (Lipinski definition) is 0. The summed E-state index contributed by atoms with van der Waals surface area (Å²) in [5.41, 5.74) is 4.32. The lowest BCUT2D eigenvalue weighted by molar-refractivity contribution is 0.258. The number of aryl methyl sites for hydroxylation is 2. The summed E-state index contributed by atoms with van der Waals surface area (Å²) in [6.45, 7) is 12.7. The minimum absolute atomic E-state index is 1.13. The van der Waals surface area contributed by atoms with Gasteiger partial charge < -0.3 is 4.90 Å². The van der Waals surface area contributed by atoms with Crippen LogP contribution < -0.4 is 4.90 Å². The van der Waals surface area contributed by atoms with Crippen molar-refractivity contribution in [1.82, 2.24) is 4.90 Å². The third-order valence-electron chi connectivity index (χ3n) is 3.99. The zero-order valence-corrected chi connectivity index (χ0v) is 12.1. The van der Waals surface area contributed by atoms with Gasteiger partial charge in [0, 0.05) is 31.9 Å². The van der Waals surface area contributed by atoms with E-state index in [1.807, 2.05) is 0 Å². The Morgan fingerprint density at radius 2 is 1.78 bits per heavy atom. The van der Waals surface area contributed by atoms with Gasteiger partial charge in [0.05, 0.1) is 0 Å². The second-order valence-electron chi connectivity index (χ2n) is 5.29. The maximum absolute atomic E-state index is 2.57. The van der Waals surface area contributed by atoms with Crippen LogP contribution in [0.4, 0.5) is 5.69 Å². The van der Waals surface area contributed by atoms with Gasteiger partial charge in [-0.2, -0.15) is 0 Å². The fourth-order valence-electron chi connectivity index (χ4n) is 2.78. The van der Waals surface area contributed by atoms with Gasteiger partial charge in [0.1, 0.15) is 0 Å². The Kier molecular flexibility index (Phi) is 4.65. The molecule has 2 heteroatoms. The predicted octanol–water partition coefficient (Wildman–Crippen LogP) is 3.09. The van der Waals surface area contributed by atoms with E-state index < -0.39 is 0 Å². The van der Waals surface area contributed by atoms with E-state index in [-0.39, 0.29) is 0 Å². The smallest absolute Gasteiger partial charge is 0.0370 e. The highest BCUT2D eigenvalue weighted by Crippen LogP contribution is 2.21. The van der Waals surface area contributed by atoms with Crippen molar-refractivity contribution in [3.8, 4) is 0 Å². The summed E-state index contributed by atoms with van der Waals surface area (Å²) in [5, 5.41) is 0. The molecule has 1 aromatic carbocycles. The summed E-state index contributed by atoms with van der Waals surface area (Å²) < 4.78 is 0. The van der Waals surface area contributed by atoms with E-state index >= 15 is 0 Å². The Morgan fingerprint density at radius 1 is 1.06 bits per heavy atom. The van der Waals surface area contributed by atoms with Gasteiger partial charge in [-0.1, -0.05) is 19.9 Å². The molecule has 0 bridgehead atoms. The molecule has 0 aliphatic carbocycles. The number of rotatable bonds is 4. The molecule has 1 aromatic rings. The van der Waals surface area contributed by atoms with E-state index in [0.717, 1.165) is 6.42 Å². The van der Waals surface area contributed by atoms with Crippen LogP contribution in [-0.2, 0) is 6.42 Å². The lowest BCUT2D eigenvalue weighted by atomic mass is 10.0. The van der Waals surface area contributed by atoms with Crippen LogP contribution >= 0.6 is 0 Å². The van der Waals surface area contributed by atoms with E-state index in [1.165, 1.54) is 56.0 Å². The molecule has 1 heterocycles.